The minimum Gasteiger partial charge on any atom is -0.388 e. The third-order valence-corrected chi connectivity index (χ3v) is 2.84. The molecule has 23 heavy (non-hydrogen) atoms. The molecule has 0 amide bonds. The van der Waals surface area contributed by atoms with Crippen molar-refractivity contribution in [2.24, 2.45) is 0 Å². The zero-order valence-corrected chi connectivity index (χ0v) is 12.3. The van der Waals surface area contributed by atoms with Crippen molar-refractivity contribution in [1.82, 2.24) is 10.9 Å². The Morgan fingerprint density at radius 1 is 0.522 bits per heavy atom. The van der Waals surface area contributed by atoms with E-state index in [2.05, 4.69) is 5.59 Å². The van der Waals surface area contributed by atoms with Crippen LogP contribution in [0.5, 0.6) is 17.2 Å². The molecule has 5 heteroatoms. The van der Waals surface area contributed by atoms with Gasteiger partial charge < -0.3 is 14.5 Å². The topological polar surface area (TPSA) is 43.0 Å². The molecule has 0 saturated heterocycles. The average Bonchev–Trinajstić information content (AvgIpc) is 2.62. The van der Waals surface area contributed by atoms with Gasteiger partial charge in [-0.2, -0.15) is 0 Å². The van der Waals surface area contributed by atoms with Crippen LogP contribution < -0.4 is 20.1 Å². The Kier molecular flexibility index (Phi) is 5.08. The maximum absolute atomic E-state index is 5.62. The number of rotatable bonds is 7. The normalized spacial score (nSPS) is 10.3. The van der Waals surface area contributed by atoms with E-state index in [1.54, 1.807) is 0 Å². The van der Waals surface area contributed by atoms with E-state index in [9.17, 15) is 0 Å². The van der Waals surface area contributed by atoms with Gasteiger partial charge in [0.2, 0.25) is 0 Å². The summed E-state index contributed by atoms with van der Waals surface area (Å²) in [6, 6.07) is 27.8. The highest BCUT2D eigenvalue weighted by atomic mass is 17.0. The zero-order chi connectivity index (χ0) is 15.7. The SMILES string of the molecule is c1ccc(ONN(Oc2ccccc2)Oc2ccccc2)cc1. The first kappa shape index (κ1) is 14.9. The first-order chi connectivity index (χ1) is 11.4. The number of hydrogen-bond acceptors (Lipinski definition) is 5. The van der Waals surface area contributed by atoms with E-state index >= 15 is 0 Å². The van der Waals surface area contributed by atoms with Gasteiger partial charge >= 0.3 is 0 Å². The van der Waals surface area contributed by atoms with E-state index in [1.807, 2.05) is 91.0 Å². The second-order valence-electron chi connectivity index (χ2n) is 4.57. The summed E-state index contributed by atoms with van der Waals surface area (Å²) in [5.74, 6) is 1.84. The van der Waals surface area contributed by atoms with E-state index in [0.29, 0.717) is 17.2 Å². The summed E-state index contributed by atoms with van der Waals surface area (Å²) >= 11 is 0. The van der Waals surface area contributed by atoms with Crippen LogP contribution >= 0.6 is 0 Å². The number of hydrazine groups is 1. The minimum atomic E-state index is 0.604. The molecule has 0 spiro atoms. The summed E-state index contributed by atoms with van der Waals surface area (Å²) in [7, 11) is 0. The lowest BCUT2D eigenvalue weighted by Crippen LogP contribution is -2.45. The highest BCUT2D eigenvalue weighted by molar-refractivity contribution is 5.22. The number of benzene rings is 3. The van der Waals surface area contributed by atoms with Gasteiger partial charge in [-0.1, -0.05) is 54.6 Å². The summed E-state index contributed by atoms with van der Waals surface area (Å²) in [5, 5.41) is 1.05. The van der Waals surface area contributed by atoms with E-state index in [-0.39, 0.29) is 0 Å². The fraction of sp³-hybridized carbons (Fsp3) is 0. The quantitative estimate of drug-likeness (QED) is 0.673. The highest BCUT2D eigenvalue weighted by Crippen LogP contribution is 2.14. The Hall–Kier alpha value is -3.02. The first-order valence-electron chi connectivity index (χ1n) is 7.14. The first-order valence-corrected chi connectivity index (χ1v) is 7.14. The molecule has 1 N–H and O–H groups in total. The lowest BCUT2D eigenvalue weighted by molar-refractivity contribution is -0.336. The van der Waals surface area contributed by atoms with Crippen LogP contribution in [0.2, 0.25) is 0 Å². The molecule has 0 aliphatic heterocycles. The van der Waals surface area contributed by atoms with Crippen molar-refractivity contribution < 1.29 is 14.5 Å². The van der Waals surface area contributed by atoms with Crippen LogP contribution in [0, 0.1) is 0 Å². The molecule has 0 aliphatic rings. The monoisotopic (exact) mass is 308 g/mol. The van der Waals surface area contributed by atoms with Gasteiger partial charge in [-0.25, -0.2) is 0 Å². The lowest BCUT2D eigenvalue weighted by Gasteiger charge is -2.21. The molecule has 3 rings (SSSR count). The Labute approximate surface area is 134 Å². The van der Waals surface area contributed by atoms with Gasteiger partial charge in [-0.3, -0.25) is 0 Å². The molecule has 0 unspecified atom stereocenters. The lowest BCUT2D eigenvalue weighted by atomic mass is 10.3. The largest absolute Gasteiger partial charge is 0.388 e. The van der Waals surface area contributed by atoms with Crippen LogP contribution in [0.3, 0.4) is 0 Å². The minimum absolute atomic E-state index is 0.604. The van der Waals surface area contributed by atoms with Crippen LogP contribution in [-0.2, 0) is 0 Å². The van der Waals surface area contributed by atoms with Gasteiger partial charge in [0.1, 0.15) is 11.1 Å². The van der Waals surface area contributed by atoms with Crippen LogP contribution in [0.15, 0.2) is 91.0 Å². The number of para-hydroxylation sites is 3. The molecular formula is C18H16N2O3. The molecule has 116 valence electrons. The molecular weight excluding hydrogens is 292 g/mol. The third-order valence-electron chi connectivity index (χ3n) is 2.84. The fourth-order valence-corrected chi connectivity index (χ4v) is 1.79. The molecule has 0 aromatic heterocycles. The standard InChI is InChI=1S/C18H16N2O3/c1-4-10-16(11-5-1)21-19-20(22-17-12-6-2-7-13-17)23-18-14-8-3-9-15-18/h1-15,19H. The Morgan fingerprint density at radius 2 is 0.913 bits per heavy atom. The highest BCUT2D eigenvalue weighted by Gasteiger charge is 2.10. The van der Waals surface area contributed by atoms with E-state index < -0.39 is 0 Å². The van der Waals surface area contributed by atoms with Gasteiger partial charge in [0.05, 0.1) is 0 Å². The van der Waals surface area contributed by atoms with Crippen LogP contribution in [-0.4, -0.2) is 5.34 Å². The van der Waals surface area contributed by atoms with Gasteiger partial charge in [0.15, 0.2) is 11.5 Å². The van der Waals surface area contributed by atoms with Gasteiger partial charge in [0.25, 0.3) is 0 Å². The van der Waals surface area contributed by atoms with Crippen LogP contribution in [0.1, 0.15) is 0 Å². The Bertz CT molecular complexity index is 652. The predicted molar refractivity (Wildman–Crippen MR) is 86.2 cm³/mol. The van der Waals surface area contributed by atoms with E-state index in [1.165, 1.54) is 0 Å². The molecule has 0 fully saturated rings. The molecule has 0 aliphatic carbocycles. The van der Waals surface area contributed by atoms with Crippen molar-refractivity contribution >= 4 is 0 Å². The molecule has 3 aromatic carbocycles. The Morgan fingerprint density at radius 3 is 1.35 bits per heavy atom. The van der Waals surface area contributed by atoms with Crippen LogP contribution in [0.4, 0.5) is 0 Å². The number of nitrogens with one attached hydrogen (secondary N) is 1. The van der Waals surface area contributed by atoms with Crippen molar-refractivity contribution in [3.05, 3.63) is 91.0 Å². The molecule has 5 nitrogen and oxygen atoms in total. The Balaban J connectivity index is 1.67. The van der Waals surface area contributed by atoms with Gasteiger partial charge in [-0.15, -0.1) is 0 Å². The maximum Gasteiger partial charge on any atom is 0.153 e. The van der Waals surface area contributed by atoms with E-state index in [0.717, 1.165) is 5.34 Å². The van der Waals surface area contributed by atoms with Crippen molar-refractivity contribution in [2.75, 3.05) is 0 Å². The van der Waals surface area contributed by atoms with Gasteiger partial charge in [-0.05, 0) is 42.0 Å². The van der Waals surface area contributed by atoms with Crippen LogP contribution in [0.25, 0.3) is 0 Å². The number of hydrogen-bond donors (Lipinski definition) is 1. The average molecular weight is 308 g/mol. The molecule has 3 aromatic rings. The van der Waals surface area contributed by atoms with Crippen molar-refractivity contribution in [2.45, 2.75) is 0 Å². The molecule has 0 bridgehead atoms. The molecule has 0 saturated carbocycles. The fourth-order valence-electron chi connectivity index (χ4n) is 1.79. The van der Waals surface area contributed by atoms with Crippen molar-refractivity contribution in [3.63, 3.8) is 0 Å². The second kappa shape index (κ2) is 7.84. The maximum atomic E-state index is 5.62. The molecule has 0 radical (unpaired) electrons. The third kappa shape index (κ3) is 4.74. The zero-order valence-electron chi connectivity index (χ0n) is 12.3. The van der Waals surface area contributed by atoms with E-state index in [4.69, 9.17) is 14.5 Å². The molecule has 0 atom stereocenters. The summed E-state index contributed by atoms with van der Waals surface area (Å²) in [4.78, 5) is 16.7. The van der Waals surface area contributed by atoms with Crippen molar-refractivity contribution in [1.29, 1.82) is 0 Å². The summed E-state index contributed by atoms with van der Waals surface area (Å²) in [6.45, 7) is 0. The number of nitrogens with zero attached hydrogens (tertiary/aromatic N) is 1. The van der Waals surface area contributed by atoms with Gasteiger partial charge in [0, 0.05) is 0 Å². The summed E-state index contributed by atoms with van der Waals surface area (Å²) < 4.78 is 0. The smallest absolute Gasteiger partial charge is 0.153 e. The second-order valence-corrected chi connectivity index (χ2v) is 4.57. The van der Waals surface area contributed by atoms with Crippen molar-refractivity contribution in [3.8, 4) is 17.2 Å². The molecule has 0 heterocycles. The summed E-state index contributed by atoms with van der Waals surface area (Å²) in [5.41, 5.74) is 2.62. The summed E-state index contributed by atoms with van der Waals surface area (Å²) in [6.07, 6.45) is 0. The predicted octanol–water partition coefficient (Wildman–Crippen LogP) is 3.78.